The Balaban J connectivity index is 1.23. The Hall–Kier alpha value is -2.05. The van der Waals surface area contributed by atoms with Crippen molar-refractivity contribution in [1.29, 1.82) is 0 Å². The zero-order valence-electron chi connectivity index (χ0n) is 16.0. The van der Waals surface area contributed by atoms with Crippen molar-refractivity contribution < 1.29 is 9.53 Å². The SMILES string of the molecule is O=C(NCc1ccccn1)c1ccc(OC2CCN(C3CCSC3)CC2)cc1. The largest absolute Gasteiger partial charge is 0.490 e. The van der Waals surface area contributed by atoms with E-state index in [4.69, 9.17) is 4.74 Å². The van der Waals surface area contributed by atoms with Crippen LogP contribution >= 0.6 is 11.8 Å². The molecule has 28 heavy (non-hydrogen) atoms. The molecule has 2 aliphatic heterocycles. The molecule has 0 radical (unpaired) electrons. The van der Waals surface area contributed by atoms with Crippen LogP contribution in [0.5, 0.6) is 5.75 Å². The molecule has 0 spiro atoms. The molecule has 3 heterocycles. The summed E-state index contributed by atoms with van der Waals surface area (Å²) in [5.41, 5.74) is 1.48. The standard InChI is InChI=1S/C22H27N3O2S/c26-22(24-15-18-3-1-2-11-23-18)17-4-6-20(7-5-17)27-21-8-12-25(13-9-21)19-10-14-28-16-19/h1-7,11,19,21H,8-10,12-16H2,(H,24,26). The fourth-order valence-corrected chi connectivity index (χ4v) is 5.08. The van der Waals surface area contributed by atoms with E-state index in [1.54, 1.807) is 6.20 Å². The minimum atomic E-state index is -0.0973. The molecule has 0 saturated carbocycles. The van der Waals surface area contributed by atoms with Crippen molar-refractivity contribution in [3.05, 3.63) is 59.9 Å². The highest BCUT2D eigenvalue weighted by molar-refractivity contribution is 7.99. The number of likely N-dealkylation sites (tertiary alicyclic amines) is 1. The number of pyridine rings is 1. The van der Waals surface area contributed by atoms with Crippen LogP contribution < -0.4 is 10.1 Å². The van der Waals surface area contributed by atoms with E-state index in [9.17, 15) is 4.79 Å². The molecule has 1 unspecified atom stereocenters. The number of nitrogens with zero attached hydrogens (tertiary/aromatic N) is 2. The molecule has 0 aliphatic carbocycles. The molecule has 148 valence electrons. The van der Waals surface area contributed by atoms with Crippen LogP contribution in [0.2, 0.25) is 0 Å². The van der Waals surface area contributed by atoms with E-state index in [-0.39, 0.29) is 12.0 Å². The quantitative estimate of drug-likeness (QED) is 0.810. The lowest BCUT2D eigenvalue weighted by atomic mass is 10.0. The summed E-state index contributed by atoms with van der Waals surface area (Å²) in [5, 5.41) is 2.90. The van der Waals surface area contributed by atoms with Gasteiger partial charge in [-0.3, -0.25) is 14.7 Å². The predicted molar refractivity (Wildman–Crippen MR) is 113 cm³/mol. The van der Waals surface area contributed by atoms with Crippen LogP contribution in [0.15, 0.2) is 48.7 Å². The van der Waals surface area contributed by atoms with E-state index in [0.717, 1.165) is 43.4 Å². The number of piperidine rings is 1. The molecule has 1 aromatic carbocycles. The maximum Gasteiger partial charge on any atom is 0.251 e. The van der Waals surface area contributed by atoms with Gasteiger partial charge in [-0.2, -0.15) is 11.8 Å². The monoisotopic (exact) mass is 397 g/mol. The van der Waals surface area contributed by atoms with E-state index in [1.807, 2.05) is 42.5 Å². The molecule has 1 atom stereocenters. The Kier molecular flexibility index (Phi) is 6.49. The first-order valence-electron chi connectivity index (χ1n) is 10.0. The van der Waals surface area contributed by atoms with Crippen LogP contribution in [0.4, 0.5) is 0 Å². The van der Waals surface area contributed by atoms with Gasteiger partial charge in [0.25, 0.3) is 5.91 Å². The molecule has 2 aliphatic rings. The van der Waals surface area contributed by atoms with Gasteiger partial charge in [-0.1, -0.05) is 6.07 Å². The molecule has 4 rings (SSSR count). The highest BCUT2D eigenvalue weighted by Crippen LogP contribution is 2.26. The number of aromatic nitrogens is 1. The Morgan fingerprint density at radius 2 is 1.96 bits per heavy atom. The summed E-state index contributed by atoms with van der Waals surface area (Å²) in [4.78, 5) is 19.1. The van der Waals surface area contributed by atoms with Gasteiger partial charge in [-0.25, -0.2) is 0 Å². The molecule has 2 aromatic rings. The van der Waals surface area contributed by atoms with Gasteiger partial charge < -0.3 is 10.1 Å². The van der Waals surface area contributed by atoms with Crippen molar-refractivity contribution in [1.82, 2.24) is 15.2 Å². The summed E-state index contributed by atoms with van der Waals surface area (Å²) in [6.07, 6.45) is 5.49. The van der Waals surface area contributed by atoms with Crippen molar-refractivity contribution in [3.63, 3.8) is 0 Å². The lowest BCUT2D eigenvalue weighted by molar-refractivity contribution is 0.0816. The summed E-state index contributed by atoms with van der Waals surface area (Å²) in [7, 11) is 0. The number of benzene rings is 1. The number of hydrogen-bond acceptors (Lipinski definition) is 5. The van der Waals surface area contributed by atoms with Crippen LogP contribution in [-0.2, 0) is 6.54 Å². The molecule has 6 heteroatoms. The lowest BCUT2D eigenvalue weighted by Crippen LogP contribution is -2.44. The predicted octanol–water partition coefficient (Wildman–Crippen LogP) is 3.36. The van der Waals surface area contributed by atoms with Gasteiger partial charge in [0, 0.05) is 36.6 Å². The van der Waals surface area contributed by atoms with E-state index < -0.39 is 0 Å². The molecular formula is C22H27N3O2S. The summed E-state index contributed by atoms with van der Waals surface area (Å²) >= 11 is 2.08. The summed E-state index contributed by atoms with van der Waals surface area (Å²) in [6, 6.07) is 13.9. The average molecular weight is 398 g/mol. The van der Waals surface area contributed by atoms with Crippen molar-refractivity contribution in [2.45, 2.75) is 38.0 Å². The van der Waals surface area contributed by atoms with Gasteiger partial charge in [-0.15, -0.1) is 0 Å². The van der Waals surface area contributed by atoms with E-state index in [1.165, 1.54) is 17.9 Å². The number of amides is 1. The third kappa shape index (κ3) is 5.06. The fourth-order valence-electron chi connectivity index (χ4n) is 3.82. The maximum absolute atomic E-state index is 12.3. The Labute approximate surface area is 170 Å². The highest BCUT2D eigenvalue weighted by Gasteiger charge is 2.28. The van der Waals surface area contributed by atoms with Gasteiger partial charge in [0.1, 0.15) is 11.9 Å². The second-order valence-electron chi connectivity index (χ2n) is 7.40. The van der Waals surface area contributed by atoms with Crippen LogP contribution in [0.3, 0.4) is 0 Å². The number of rotatable bonds is 6. The second kappa shape index (κ2) is 9.43. The van der Waals surface area contributed by atoms with Crippen LogP contribution in [-0.4, -0.2) is 52.5 Å². The highest BCUT2D eigenvalue weighted by atomic mass is 32.2. The van der Waals surface area contributed by atoms with Crippen molar-refractivity contribution in [2.75, 3.05) is 24.6 Å². The number of nitrogens with one attached hydrogen (secondary N) is 1. The Bertz CT molecular complexity index is 755. The van der Waals surface area contributed by atoms with Gasteiger partial charge in [0.2, 0.25) is 0 Å². The zero-order chi connectivity index (χ0) is 19.2. The number of carbonyl (C=O) groups excluding carboxylic acids is 1. The summed E-state index contributed by atoms with van der Waals surface area (Å²) in [6.45, 7) is 2.68. The molecular weight excluding hydrogens is 370 g/mol. The number of carbonyl (C=O) groups is 1. The molecule has 2 saturated heterocycles. The first-order valence-corrected chi connectivity index (χ1v) is 11.2. The topological polar surface area (TPSA) is 54.5 Å². The molecule has 1 N–H and O–H groups in total. The summed E-state index contributed by atoms with van der Waals surface area (Å²) < 4.78 is 6.16. The first kappa shape index (κ1) is 19.3. The Morgan fingerprint density at radius 1 is 1.14 bits per heavy atom. The van der Waals surface area contributed by atoms with Crippen LogP contribution in [0.25, 0.3) is 0 Å². The normalized spacial score (nSPS) is 20.8. The third-order valence-electron chi connectivity index (χ3n) is 5.47. The van der Waals surface area contributed by atoms with Crippen molar-refractivity contribution in [2.24, 2.45) is 0 Å². The smallest absolute Gasteiger partial charge is 0.251 e. The van der Waals surface area contributed by atoms with Crippen LogP contribution in [0, 0.1) is 0 Å². The number of hydrogen-bond donors (Lipinski definition) is 1. The average Bonchev–Trinajstić information content (AvgIpc) is 3.29. The van der Waals surface area contributed by atoms with E-state index in [0.29, 0.717) is 12.1 Å². The molecule has 1 aromatic heterocycles. The first-order chi connectivity index (χ1) is 13.8. The zero-order valence-corrected chi connectivity index (χ0v) is 16.9. The fraction of sp³-hybridized carbons (Fsp3) is 0.455. The van der Waals surface area contributed by atoms with Gasteiger partial charge >= 0.3 is 0 Å². The van der Waals surface area contributed by atoms with Gasteiger partial charge in [0.05, 0.1) is 12.2 Å². The van der Waals surface area contributed by atoms with E-state index >= 15 is 0 Å². The van der Waals surface area contributed by atoms with Crippen molar-refractivity contribution in [3.8, 4) is 5.75 Å². The molecule has 2 fully saturated rings. The Morgan fingerprint density at radius 3 is 2.64 bits per heavy atom. The minimum absolute atomic E-state index is 0.0973. The molecule has 0 bridgehead atoms. The molecule has 5 nitrogen and oxygen atoms in total. The van der Waals surface area contributed by atoms with E-state index in [2.05, 4.69) is 27.0 Å². The number of thioether (sulfide) groups is 1. The van der Waals surface area contributed by atoms with Crippen molar-refractivity contribution >= 4 is 17.7 Å². The van der Waals surface area contributed by atoms with Gasteiger partial charge in [0.15, 0.2) is 0 Å². The minimum Gasteiger partial charge on any atom is -0.490 e. The van der Waals surface area contributed by atoms with Crippen LogP contribution in [0.1, 0.15) is 35.3 Å². The third-order valence-corrected chi connectivity index (χ3v) is 6.62. The molecule has 1 amide bonds. The second-order valence-corrected chi connectivity index (χ2v) is 8.55. The lowest BCUT2D eigenvalue weighted by Gasteiger charge is -2.35. The maximum atomic E-state index is 12.3. The van der Waals surface area contributed by atoms with Gasteiger partial charge in [-0.05, 0) is 61.4 Å². The summed E-state index contributed by atoms with van der Waals surface area (Å²) in [5.74, 6) is 3.34. The number of ether oxygens (including phenoxy) is 1.